The van der Waals surface area contributed by atoms with Crippen molar-refractivity contribution in [2.75, 3.05) is 0 Å². The van der Waals surface area contributed by atoms with Crippen LogP contribution in [0.1, 0.15) is 92.9 Å². The van der Waals surface area contributed by atoms with Gasteiger partial charge in [0.15, 0.2) is 0 Å². The van der Waals surface area contributed by atoms with Crippen molar-refractivity contribution in [2.45, 2.75) is 92.9 Å². The average molecular weight is 355 g/mol. The third-order valence-corrected chi connectivity index (χ3v) is 9.45. The Morgan fingerprint density at radius 2 is 1.12 bits per heavy atom. The van der Waals surface area contributed by atoms with E-state index in [1.54, 1.807) is 11.1 Å². The van der Waals surface area contributed by atoms with E-state index in [-0.39, 0.29) is 21.7 Å². The first-order chi connectivity index (χ1) is 12.1. The minimum atomic E-state index is -0.174. The van der Waals surface area contributed by atoms with Gasteiger partial charge in [-0.3, -0.25) is 4.79 Å². The van der Waals surface area contributed by atoms with Crippen molar-refractivity contribution in [3.63, 3.8) is 0 Å². The lowest BCUT2D eigenvalue weighted by Gasteiger charge is -2.23. The lowest BCUT2D eigenvalue weighted by Crippen LogP contribution is -2.30. The van der Waals surface area contributed by atoms with Crippen LogP contribution in [-0.4, -0.2) is 5.78 Å². The van der Waals surface area contributed by atoms with Crippen LogP contribution in [0.2, 0.25) is 0 Å². The molecule has 0 radical (unpaired) electrons. The van der Waals surface area contributed by atoms with E-state index in [4.69, 9.17) is 0 Å². The molecule has 1 heteroatoms. The average Bonchev–Trinajstić information content (AvgIpc) is 3.29. The summed E-state index contributed by atoms with van der Waals surface area (Å²) < 4.78 is 0. The molecule has 4 unspecified atom stereocenters. The van der Waals surface area contributed by atoms with E-state index in [1.807, 2.05) is 0 Å². The van der Waals surface area contributed by atoms with Crippen molar-refractivity contribution in [3.8, 4) is 0 Å². The van der Waals surface area contributed by atoms with Gasteiger partial charge in [0.05, 0.1) is 0 Å². The van der Waals surface area contributed by atoms with Crippen molar-refractivity contribution in [3.05, 3.63) is 23.3 Å². The highest BCUT2D eigenvalue weighted by atomic mass is 16.1. The maximum atomic E-state index is 14.1. The molecule has 144 valence electrons. The van der Waals surface area contributed by atoms with Gasteiger partial charge in [-0.2, -0.15) is 0 Å². The minimum absolute atomic E-state index is 0.112. The molecular weight excluding hydrogens is 316 g/mol. The Kier molecular flexibility index (Phi) is 3.97. The molecule has 0 amide bonds. The van der Waals surface area contributed by atoms with Gasteiger partial charge >= 0.3 is 0 Å². The molecule has 0 aromatic heterocycles. The van der Waals surface area contributed by atoms with Crippen LogP contribution < -0.4 is 0 Å². The van der Waals surface area contributed by atoms with E-state index in [2.05, 4.69) is 53.7 Å². The van der Waals surface area contributed by atoms with E-state index in [1.165, 1.54) is 51.4 Å². The van der Waals surface area contributed by atoms with Crippen LogP contribution in [0, 0.1) is 33.5 Å². The van der Waals surface area contributed by atoms with Crippen LogP contribution in [0.5, 0.6) is 0 Å². The first kappa shape index (κ1) is 18.5. The molecule has 4 rings (SSSR count). The van der Waals surface area contributed by atoms with Crippen molar-refractivity contribution in [2.24, 2.45) is 33.5 Å². The van der Waals surface area contributed by atoms with Crippen molar-refractivity contribution in [1.29, 1.82) is 0 Å². The summed E-state index contributed by atoms with van der Waals surface area (Å²) >= 11 is 0. The maximum absolute atomic E-state index is 14.1. The summed E-state index contributed by atoms with van der Waals surface area (Å²) in [7, 11) is 0. The molecule has 0 spiro atoms. The molecule has 4 aliphatic carbocycles. The third-order valence-electron chi connectivity index (χ3n) is 9.45. The molecule has 2 saturated carbocycles. The van der Waals surface area contributed by atoms with Crippen LogP contribution >= 0.6 is 0 Å². The zero-order valence-corrected chi connectivity index (χ0v) is 17.9. The molecule has 0 aliphatic heterocycles. The van der Waals surface area contributed by atoms with Crippen LogP contribution in [0.15, 0.2) is 23.3 Å². The highest BCUT2D eigenvalue weighted by Crippen LogP contribution is 2.81. The van der Waals surface area contributed by atoms with Gasteiger partial charge < -0.3 is 0 Å². The second-order valence-corrected chi connectivity index (χ2v) is 11.1. The van der Waals surface area contributed by atoms with Crippen LogP contribution in [0.3, 0.4) is 0 Å². The van der Waals surface area contributed by atoms with E-state index < -0.39 is 0 Å². The topological polar surface area (TPSA) is 17.1 Å². The van der Waals surface area contributed by atoms with Gasteiger partial charge in [-0.25, -0.2) is 0 Å². The lowest BCUT2D eigenvalue weighted by molar-refractivity contribution is -0.131. The zero-order valence-electron chi connectivity index (χ0n) is 17.9. The van der Waals surface area contributed by atoms with Gasteiger partial charge in [0, 0.05) is 10.8 Å². The fourth-order valence-electron chi connectivity index (χ4n) is 7.27. The largest absolute Gasteiger partial charge is 0.298 e. The molecule has 4 atom stereocenters. The number of allylic oxidation sites excluding steroid dienone is 4. The Morgan fingerprint density at radius 3 is 1.42 bits per heavy atom. The molecule has 1 nitrogen and oxygen atoms in total. The van der Waals surface area contributed by atoms with Crippen LogP contribution in [0.25, 0.3) is 0 Å². The standard InChI is InChI=1S/C25H38O/c1-22(2)19(17-13-9-7-10-14-17)24(22,5)21(26)25(6)20(23(25,3)4)18-15-11-8-12-16-18/h13,15,19-20H,7-12,14,16H2,1-6H3. The fourth-order valence-corrected chi connectivity index (χ4v) is 7.27. The summed E-state index contributed by atoms with van der Waals surface area (Å²) in [5.74, 6) is 1.50. The van der Waals surface area contributed by atoms with Crippen LogP contribution in [-0.2, 0) is 4.79 Å². The minimum Gasteiger partial charge on any atom is -0.298 e. The molecular formula is C25H38O. The van der Waals surface area contributed by atoms with Crippen molar-refractivity contribution in [1.82, 2.24) is 0 Å². The van der Waals surface area contributed by atoms with Crippen LogP contribution in [0.4, 0.5) is 0 Å². The Labute approximate surface area is 160 Å². The van der Waals surface area contributed by atoms with Gasteiger partial charge in [-0.05, 0) is 74.0 Å². The number of carbonyl (C=O) groups excluding carboxylic acids is 1. The van der Waals surface area contributed by atoms with Gasteiger partial charge in [0.2, 0.25) is 0 Å². The van der Waals surface area contributed by atoms with E-state index in [0.717, 1.165) is 0 Å². The third kappa shape index (κ3) is 2.12. The summed E-state index contributed by atoms with van der Waals surface area (Å²) in [4.78, 5) is 14.1. The van der Waals surface area contributed by atoms with E-state index in [0.29, 0.717) is 17.6 Å². The highest BCUT2D eigenvalue weighted by molar-refractivity contribution is 5.98. The summed E-state index contributed by atoms with van der Waals surface area (Å²) in [6.45, 7) is 14.0. The molecule has 4 aliphatic rings. The second-order valence-electron chi connectivity index (χ2n) is 11.1. The molecule has 0 saturated heterocycles. The first-order valence-corrected chi connectivity index (χ1v) is 11.0. The number of ketones is 1. The lowest BCUT2D eigenvalue weighted by atomic mass is 9.79. The fraction of sp³-hybridized carbons (Fsp3) is 0.800. The predicted octanol–water partition coefficient (Wildman–Crippen LogP) is 6.88. The van der Waals surface area contributed by atoms with Gasteiger partial charge in [0.1, 0.15) is 5.78 Å². The predicted molar refractivity (Wildman–Crippen MR) is 109 cm³/mol. The van der Waals surface area contributed by atoms with E-state index >= 15 is 0 Å². The maximum Gasteiger partial charge on any atom is 0.146 e. The summed E-state index contributed by atoms with van der Waals surface area (Å²) in [6, 6.07) is 0. The Bertz CT molecular complexity index is 633. The number of Topliss-reactive ketones (excluding diaryl/α,β-unsaturated/α-hetero) is 1. The number of rotatable bonds is 4. The molecule has 2 fully saturated rings. The Hall–Kier alpha value is -0.850. The molecule has 0 bridgehead atoms. The Balaban J connectivity index is 1.65. The zero-order chi connectivity index (χ0) is 19.0. The highest BCUT2D eigenvalue weighted by Gasteiger charge is 2.82. The molecule has 0 heterocycles. The van der Waals surface area contributed by atoms with Crippen molar-refractivity contribution >= 4 is 5.78 Å². The van der Waals surface area contributed by atoms with Gasteiger partial charge in [-0.1, -0.05) is 64.8 Å². The number of hydrogen-bond donors (Lipinski definition) is 0. The first-order valence-electron chi connectivity index (χ1n) is 11.0. The molecule has 0 N–H and O–H groups in total. The molecule has 26 heavy (non-hydrogen) atoms. The normalized spacial score (nSPS) is 43.3. The summed E-state index contributed by atoms with van der Waals surface area (Å²) in [6.07, 6.45) is 15.0. The number of carbonyl (C=O) groups is 1. The smallest absolute Gasteiger partial charge is 0.146 e. The monoisotopic (exact) mass is 354 g/mol. The quantitative estimate of drug-likeness (QED) is 0.503. The summed E-state index contributed by atoms with van der Waals surface area (Å²) in [5, 5.41) is 0. The molecule has 0 aromatic carbocycles. The Morgan fingerprint density at radius 1 is 0.731 bits per heavy atom. The molecule has 0 aromatic rings. The second kappa shape index (κ2) is 5.58. The van der Waals surface area contributed by atoms with Gasteiger partial charge in [-0.15, -0.1) is 0 Å². The summed E-state index contributed by atoms with van der Waals surface area (Å²) in [5.41, 5.74) is 3.05. The van der Waals surface area contributed by atoms with Crippen molar-refractivity contribution < 1.29 is 4.79 Å². The number of hydrogen-bond acceptors (Lipinski definition) is 1. The SMILES string of the molecule is CC1(C)C(C2=CCCCC2)C1(C)C(=O)C1(C)C(C2=CCCCC2)C1(C)C. The van der Waals surface area contributed by atoms with E-state index in [9.17, 15) is 4.79 Å². The van der Waals surface area contributed by atoms with Gasteiger partial charge in [0.25, 0.3) is 0 Å².